The Morgan fingerprint density at radius 3 is 1.73 bits per heavy atom. The lowest BCUT2D eigenvalue weighted by Gasteiger charge is -2.21. The molecule has 0 spiro atoms. The smallest absolute Gasteiger partial charge is 0.242 e. The van der Waals surface area contributed by atoms with Crippen molar-refractivity contribution in [1.29, 1.82) is 0 Å². The summed E-state index contributed by atoms with van der Waals surface area (Å²) in [5, 5.41) is 0.429. The second-order valence-corrected chi connectivity index (χ2v) is 11.6. The predicted molar refractivity (Wildman–Crippen MR) is 102 cm³/mol. The summed E-state index contributed by atoms with van der Waals surface area (Å²) < 4.78 is 55.1. The molecule has 2 rings (SSSR count). The van der Waals surface area contributed by atoms with E-state index in [0.29, 0.717) is 10.9 Å². The Kier molecular flexibility index (Phi) is 5.24. The van der Waals surface area contributed by atoms with E-state index < -0.39 is 31.1 Å². The van der Waals surface area contributed by atoms with E-state index in [4.69, 9.17) is 0 Å². The largest absolute Gasteiger partial charge is 0.255 e. The number of nitrogens with zero attached hydrogens (tertiary/aromatic N) is 1. The van der Waals surface area contributed by atoms with E-state index in [1.807, 2.05) is 0 Å². The Hall–Kier alpha value is -1.55. The average Bonchev–Trinajstić information content (AvgIpc) is 2.41. The van der Waals surface area contributed by atoms with Crippen LogP contribution in [0.3, 0.4) is 0 Å². The second-order valence-electron chi connectivity index (χ2n) is 8.24. The number of fused-ring (bicyclic) bond motifs is 1. The van der Waals surface area contributed by atoms with Crippen molar-refractivity contribution in [3.05, 3.63) is 30.5 Å². The minimum Gasteiger partial charge on any atom is -0.255 e. The van der Waals surface area contributed by atoms with Gasteiger partial charge in [0.15, 0.2) is 0 Å². The fraction of sp³-hybridized carbons (Fsp3) is 0.471. The normalized spacial score (nSPS) is 13.9. The van der Waals surface area contributed by atoms with Crippen LogP contribution in [-0.2, 0) is 20.0 Å². The minimum atomic E-state index is -3.76. The van der Waals surface area contributed by atoms with Crippen LogP contribution in [0.5, 0.6) is 0 Å². The van der Waals surface area contributed by atoms with E-state index in [0.717, 1.165) is 0 Å². The van der Waals surface area contributed by atoms with Crippen LogP contribution in [0, 0.1) is 0 Å². The first-order valence-corrected chi connectivity index (χ1v) is 11.0. The molecule has 7 nitrogen and oxygen atoms in total. The lowest BCUT2D eigenvalue weighted by atomic mass is 10.1. The summed E-state index contributed by atoms with van der Waals surface area (Å²) in [6.07, 6.45) is 1.26. The summed E-state index contributed by atoms with van der Waals surface area (Å²) >= 11 is 0. The maximum Gasteiger partial charge on any atom is 0.242 e. The van der Waals surface area contributed by atoms with E-state index >= 15 is 0 Å². The molecule has 0 fully saturated rings. The van der Waals surface area contributed by atoms with Gasteiger partial charge >= 0.3 is 0 Å². The van der Waals surface area contributed by atoms with Crippen LogP contribution in [-0.4, -0.2) is 32.9 Å². The molecule has 1 aromatic carbocycles. The van der Waals surface area contributed by atoms with Crippen molar-refractivity contribution in [2.45, 2.75) is 62.4 Å². The predicted octanol–water partition coefficient (Wildman–Crippen LogP) is 2.39. The molecular formula is C17H25N3O4S2. The van der Waals surface area contributed by atoms with Crippen molar-refractivity contribution in [2.75, 3.05) is 0 Å². The number of hydrogen-bond donors (Lipinski definition) is 2. The minimum absolute atomic E-state index is 0.0155. The van der Waals surface area contributed by atoms with Crippen molar-refractivity contribution in [3.8, 4) is 0 Å². The summed E-state index contributed by atoms with van der Waals surface area (Å²) in [6, 6.07) is 5.85. The zero-order valence-corrected chi connectivity index (χ0v) is 17.4. The van der Waals surface area contributed by atoms with Gasteiger partial charge in [0.1, 0.15) is 4.90 Å². The van der Waals surface area contributed by atoms with E-state index in [1.54, 1.807) is 47.6 Å². The number of rotatable bonds is 4. The van der Waals surface area contributed by atoms with Crippen LogP contribution in [0.25, 0.3) is 10.9 Å². The van der Waals surface area contributed by atoms with E-state index in [9.17, 15) is 16.8 Å². The Morgan fingerprint density at radius 2 is 1.23 bits per heavy atom. The summed E-state index contributed by atoms with van der Waals surface area (Å²) in [5.41, 5.74) is -0.766. The molecule has 0 bridgehead atoms. The first-order chi connectivity index (χ1) is 11.6. The lowest BCUT2D eigenvalue weighted by molar-refractivity contribution is 0.490. The molecule has 0 aliphatic rings. The maximum absolute atomic E-state index is 12.5. The topological polar surface area (TPSA) is 105 Å². The van der Waals surface area contributed by atoms with Gasteiger partial charge in [-0.1, -0.05) is 0 Å². The van der Waals surface area contributed by atoms with Crippen molar-refractivity contribution in [2.24, 2.45) is 0 Å². The van der Waals surface area contributed by atoms with Crippen molar-refractivity contribution >= 4 is 30.9 Å². The molecule has 9 heteroatoms. The van der Waals surface area contributed by atoms with Gasteiger partial charge in [-0.2, -0.15) is 0 Å². The zero-order chi connectivity index (χ0) is 20.0. The Balaban J connectivity index is 2.53. The lowest BCUT2D eigenvalue weighted by Crippen LogP contribution is -2.40. The summed E-state index contributed by atoms with van der Waals surface area (Å²) in [6.45, 7) is 10.5. The van der Waals surface area contributed by atoms with Gasteiger partial charge in [-0.25, -0.2) is 26.3 Å². The molecule has 0 aliphatic heterocycles. The summed E-state index contributed by atoms with van der Waals surface area (Å²) in [7, 11) is -7.49. The van der Waals surface area contributed by atoms with Crippen LogP contribution in [0.4, 0.5) is 0 Å². The number of benzene rings is 1. The number of nitrogens with one attached hydrogen (secondary N) is 2. The van der Waals surface area contributed by atoms with E-state index in [-0.39, 0.29) is 9.79 Å². The molecule has 2 aromatic rings. The summed E-state index contributed by atoms with van der Waals surface area (Å²) in [5.74, 6) is 0. The highest BCUT2D eigenvalue weighted by molar-refractivity contribution is 7.89. The molecular weight excluding hydrogens is 374 g/mol. The molecule has 1 heterocycles. The Labute approximate surface area is 155 Å². The van der Waals surface area contributed by atoms with Crippen LogP contribution in [0.2, 0.25) is 0 Å². The third kappa shape index (κ3) is 5.23. The van der Waals surface area contributed by atoms with Gasteiger partial charge in [0, 0.05) is 22.7 Å². The highest BCUT2D eigenvalue weighted by Gasteiger charge is 2.24. The third-order valence-corrected chi connectivity index (χ3v) is 6.61. The van der Waals surface area contributed by atoms with Gasteiger partial charge in [0.25, 0.3) is 0 Å². The first-order valence-electron chi connectivity index (χ1n) is 8.07. The molecule has 0 amide bonds. The highest BCUT2D eigenvalue weighted by atomic mass is 32.2. The molecule has 0 atom stereocenters. The summed E-state index contributed by atoms with van der Waals surface area (Å²) in [4.78, 5) is 4.18. The molecule has 0 radical (unpaired) electrons. The van der Waals surface area contributed by atoms with Gasteiger partial charge < -0.3 is 0 Å². The van der Waals surface area contributed by atoms with Crippen LogP contribution in [0.1, 0.15) is 41.5 Å². The highest BCUT2D eigenvalue weighted by Crippen LogP contribution is 2.22. The van der Waals surface area contributed by atoms with Crippen molar-refractivity contribution in [1.82, 2.24) is 14.4 Å². The average molecular weight is 400 g/mol. The molecule has 0 saturated heterocycles. The number of hydrogen-bond acceptors (Lipinski definition) is 5. The standard InChI is InChI=1S/C17H25N3O4S2/c1-16(2,3)19-25(21,22)13-7-8-15-12(9-13)10-14(11-18-15)26(23,24)20-17(4,5)6/h7-11,19-20H,1-6H3. The first kappa shape index (κ1) is 20.8. The van der Waals surface area contributed by atoms with Crippen LogP contribution >= 0.6 is 0 Å². The van der Waals surface area contributed by atoms with Gasteiger partial charge in [0.2, 0.25) is 20.0 Å². The molecule has 144 valence electrons. The van der Waals surface area contributed by atoms with Gasteiger partial charge in [-0.15, -0.1) is 0 Å². The molecule has 1 aromatic heterocycles. The zero-order valence-electron chi connectivity index (χ0n) is 15.8. The van der Waals surface area contributed by atoms with E-state index in [1.165, 1.54) is 24.4 Å². The number of sulfonamides is 2. The SMILES string of the molecule is CC(C)(C)NS(=O)(=O)c1ccc2ncc(S(=O)(=O)NC(C)(C)C)cc2c1. The molecule has 26 heavy (non-hydrogen) atoms. The molecule has 0 aliphatic carbocycles. The van der Waals surface area contributed by atoms with Crippen molar-refractivity contribution < 1.29 is 16.8 Å². The van der Waals surface area contributed by atoms with Crippen LogP contribution in [0.15, 0.2) is 40.3 Å². The van der Waals surface area contributed by atoms with Crippen molar-refractivity contribution in [3.63, 3.8) is 0 Å². The van der Waals surface area contributed by atoms with E-state index in [2.05, 4.69) is 14.4 Å². The maximum atomic E-state index is 12.5. The Morgan fingerprint density at radius 1 is 0.769 bits per heavy atom. The number of pyridine rings is 1. The van der Waals surface area contributed by atoms with Gasteiger partial charge in [-0.3, -0.25) is 4.98 Å². The molecule has 2 N–H and O–H groups in total. The fourth-order valence-corrected chi connectivity index (χ4v) is 5.18. The molecule has 0 saturated carbocycles. The third-order valence-electron chi connectivity index (χ3n) is 3.13. The number of aromatic nitrogens is 1. The second kappa shape index (κ2) is 6.56. The Bertz CT molecular complexity index is 951. The van der Waals surface area contributed by atoms with Gasteiger partial charge in [0.05, 0.1) is 10.4 Å². The van der Waals surface area contributed by atoms with Gasteiger partial charge in [-0.05, 0) is 65.8 Å². The monoisotopic (exact) mass is 399 g/mol. The van der Waals surface area contributed by atoms with Crippen LogP contribution < -0.4 is 9.44 Å². The fourth-order valence-electron chi connectivity index (χ4n) is 2.33. The quantitative estimate of drug-likeness (QED) is 0.821. The molecule has 0 unspecified atom stereocenters.